The monoisotopic (exact) mass is 269 g/mol. The maximum Gasteiger partial charge on any atom is 0.322 e. The van der Waals surface area contributed by atoms with Crippen molar-refractivity contribution in [2.24, 2.45) is 0 Å². The highest BCUT2D eigenvalue weighted by molar-refractivity contribution is 6.28. The summed E-state index contributed by atoms with van der Waals surface area (Å²) in [5.41, 5.74) is 0. The SMILES string of the molecule is CCN(CCC#N)c1nc(Cl)nc(OC(C)C)n1. The van der Waals surface area contributed by atoms with Crippen molar-refractivity contribution in [2.75, 3.05) is 18.0 Å². The third-order valence-corrected chi connectivity index (χ3v) is 2.24. The zero-order chi connectivity index (χ0) is 13.5. The molecule has 1 aromatic rings. The molecule has 0 fully saturated rings. The molecule has 0 radical (unpaired) electrons. The molecule has 1 heterocycles. The Morgan fingerprint density at radius 1 is 1.39 bits per heavy atom. The van der Waals surface area contributed by atoms with Crippen molar-refractivity contribution >= 4 is 17.5 Å². The van der Waals surface area contributed by atoms with Gasteiger partial charge in [-0.2, -0.15) is 20.2 Å². The van der Waals surface area contributed by atoms with Crippen LogP contribution in [0.25, 0.3) is 0 Å². The normalized spacial score (nSPS) is 10.2. The molecular formula is C11H16ClN5O. The van der Waals surface area contributed by atoms with Gasteiger partial charge in [0, 0.05) is 13.1 Å². The van der Waals surface area contributed by atoms with Crippen LogP contribution in [0, 0.1) is 11.3 Å². The second-order valence-corrected chi connectivity index (χ2v) is 4.18. The Bertz CT molecular complexity index is 432. The first kappa shape index (κ1) is 14.5. The van der Waals surface area contributed by atoms with Gasteiger partial charge in [0.05, 0.1) is 18.6 Å². The zero-order valence-electron chi connectivity index (χ0n) is 10.7. The van der Waals surface area contributed by atoms with Crippen molar-refractivity contribution in [1.82, 2.24) is 15.0 Å². The van der Waals surface area contributed by atoms with Crippen LogP contribution in [0.1, 0.15) is 27.2 Å². The molecule has 1 rings (SSSR count). The molecule has 0 saturated carbocycles. The quantitative estimate of drug-likeness (QED) is 0.787. The van der Waals surface area contributed by atoms with E-state index in [9.17, 15) is 0 Å². The van der Waals surface area contributed by atoms with Gasteiger partial charge in [-0.3, -0.25) is 0 Å². The minimum Gasteiger partial charge on any atom is -0.461 e. The Morgan fingerprint density at radius 3 is 2.67 bits per heavy atom. The predicted octanol–water partition coefficient (Wildman–Crippen LogP) is 2.05. The van der Waals surface area contributed by atoms with Gasteiger partial charge in [-0.15, -0.1) is 0 Å². The van der Waals surface area contributed by atoms with Crippen LogP contribution in [-0.2, 0) is 0 Å². The van der Waals surface area contributed by atoms with Gasteiger partial charge in [0.1, 0.15) is 0 Å². The molecule has 0 atom stereocenters. The molecule has 0 N–H and O–H groups in total. The summed E-state index contributed by atoms with van der Waals surface area (Å²) < 4.78 is 5.40. The number of nitrogens with zero attached hydrogens (tertiary/aromatic N) is 5. The third-order valence-electron chi connectivity index (χ3n) is 2.08. The van der Waals surface area contributed by atoms with E-state index in [4.69, 9.17) is 21.6 Å². The number of ether oxygens (including phenoxy) is 1. The van der Waals surface area contributed by atoms with Gasteiger partial charge in [0.2, 0.25) is 11.2 Å². The lowest BCUT2D eigenvalue weighted by molar-refractivity contribution is 0.221. The van der Waals surface area contributed by atoms with E-state index in [0.717, 1.165) is 0 Å². The summed E-state index contributed by atoms with van der Waals surface area (Å²) in [7, 11) is 0. The molecule has 98 valence electrons. The van der Waals surface area contributed by atoms with Crippen LogP contribution >= 0.6 is 11.6 Å². The lowest BCUT2D eigenvalue weighted by atomic mass is 10.4. The van der Waals surface area contributed by atoms with E-state index in [1.807, 2.05) is 25.7 Å². The summed E-state index contributed by atoms with van der Waals surface area (Å²) in [4.78, 5) is 14.0. The number of nitriles is 1. The van der Waals surface area contributed by atoms with E-state index in [1.165, 1.54) is 0 Å². The number of halogens is 1. The highest BCUT2D eigenvalue weighted by Crippen LogP contribution is 2.16. The molecule has 0 bridgehead atoms. The molecule has 0 spiro atoms. The van der Waals surface area contributed by atoms with Crippen molar-refractivity contribution in [2.45, 2.75) is 33.3 Å². The highest BCUT2D eigenvalue weighted by atomic mass is 35.5. The van der Waals surface area contributed by atoms with Crippen LogP contribution in [-0.4, -0.2) is 34.1 Å². The van der Waals surface area contributed by atoms with Crippen LogP contribution in [0.4, 0.5) is 5.95 Å². The van der Waals surface area contributed by atoms with Crippen molar-refractivity contribution in [3.8, 4) is 12.1 Å². The molecule has 18 heavy (non-hydrogen) atoms. The maximum absolute atomic E-state index is 8.61. The average Bonchev–Trinajstić information content (AvgIpc) is 2.28. The molecular weight excluding hydrogens is 254 g/mol. The van der Waals surface area contributed by atoms with Gasteiger partial charge in [-0.25, -0.2) is 0 Å². The van der Waals surface area contributed by atoms with Crippen molar-refractivity contribution in [3.63, 3.8) is 0 Å². The van der Waals surface area contributed by atoms with E-state index in [0.29, 0.717) is 25.5 Å². The molecule has 0 amide bonds. The third kappa shape index (κ3) is 4.34. The van der Waals surface area contributed by atoms with E-state index < -0.39 is 0 Å². The molecule has 0 aliphatic rings. The van der Waals surface area contributed by atoms with Crippen LogP contribution in [0.15, 0.2) is 0 Å². The number of hydrogen-bond acceptors (Lipinski definition) is 6. The molecule has 1 aromatic heterocycles. The fourth-order valence-electron chi connectivity index (χ4n) is 1.31. The van der Waals surface area contributed by atoms with E-state index in [2.05, 4.69) is 21.0 Å². The lowest BCUT2D eigenvalue weighted by Crippen LogP contribution is -2.26. The predicted molar refractivity (Wildman–Crippen MR) is 68.7 cm³/mol. The number of hydrogen-bond donors (Lipinski definition) is 0. The van der Waals surface area contributed by atoms with Crippen LogP contribution in [0.5, 0.6) is 6.01 Å². The molecule has 7 heteroatoms. The molecule has 6 nitrogen and oxygen atoms in total. The Balaban J connectivity index is 2.92. The van der Waals surface area contributed by atoms with E-state index >= 15 is 0 Å². The first-order chi connectivity index (χ1) is 8.56. The highest BCUT2D eigenvalue weighted by Gasteiger charge is 2.12. The molecule has 0 unspecified atom stereocenters. The Hall–Kier alpha value is -1.61. The van der Waals surface area contributed by atoms with Gasteiger partial charge in [0.25, 0.3) is 0 Å². The van der Waals surface area contributed by atoms with Crippen LogP contribution in [0.2, 0.25) is 5.28 Å². The fourth-order valence-corrected chi connectivity index (χ4v) is 1.46. The second kappa shape index (κ2) is 6.97. The standard InChI is InChI=1S/C11H16ClN5O/c1-4-17(7-5-6-13)10-14-9(12)15-11(16-10)18-8(2)3/h8H,4-5,7H2,1-3H3. The summed E-state index contributed by atoms with van der Waals surface area (Å²) in [5.74, 6) is 0.434. The smallest absolute Gasteiger partial charge is 0.322 e. The summed E-state index contributed by atoms with van der Waals surface area (Å²) >= 11 is 5.83. The summed E-state index contributed by atoms with van der Waals surface area (Å²) in [6.07, 6.45) is 0.364. The first-order valence-corrected chi connectivity index (χ1v) is 6.14. The summed E-state index contributed by atoms with van der Waals surface area (Å²) in [6.45, 7) is 6.95. The number of anilines is 1. The van der Waals surface area contributed by atoms with Gasteiger partial charge in [-0.1, -0.05) is 0 Å². The second-order valence-electron chi connectivity index (χ2n) is 3.84. The summed E-state index contributed by atoms with van der Waals surface area (Å²) in [6, 6.07) is 2.29. The van der Waals surface area contributed by atoms with Crippen molar-refractivity contribution in [3.05, 3.63) is 5.28 Å². The van der Waals surface area contributed by atoms with E-state index in [-0.39, 0.29) is 17.4 Å². The molecule has 0 saturated heterocycles. The van der Waals surface area contributed by atoms with Gasteiger partial charge >= 0.3 is 6.01 Å². The Kier molecular flexibility index (Phi) is 5.59. The molecule has 0 aliphatic carbocycles. The number of rotatable bonds is 6. The van der Waals surface area contributed by atoms with E-state index in [1.54, 1.807) is 0 Å². The average molecular weight is 270 g/mol. The Morgan fingerprint density at radius 2 is 2.11 bits per heavy atom. The Labute approximate surface area is 112 Å². The minimum absolute atomic E-state index is 0.0366. The van der Waals surface area contributed by atoms with Crippen molar-refractivity contribution in [1.29, 1.82) is 5.26 Å². The topological polar surface area (TPSA) is 74.9 Å². The summed E-state index contributed by atoms with van der Waals surface area (Å²) in [5, 5.41) is 8.69. The zero-order valence-corrected chi connectivity index (χ0v) is 11.5. The van der Waals surface area contributed by atoms with Crippen LogP contribution < -0.4 is 9.64 Å². The van der Waals surface area contributed by atoms with Gasteiger partial charge in [0.15, 0.2) is 0 Å². The molecule has 0 aromatic carbocycles. The largest absolute Gasteiger partial charge is 0.461 e. The number of aromatic nitrogens is 3. The van der Waals surface area contributed by atoms with Crippen molar-refractivity contribution < 1.29 is 4.74 Å². The first-order valence-electron chi connectivity index (χ1n) is 5.77. The van der Waals surface area contributed by atoms with Gasteiger partial charge < -0.3 is 9.64 Å². The maximum atomic E-state index is 8.61. The van der Waals surface area contributed by atoms with Gasteiger partial charge in [-0.05, 0) is 32.4 Å². The fraction of sp³-hybridized carbons (Fsp3) is 0.636. The molecule has 0 aliphatic heterocycles. The minimum atomic E-state index is -0.0366. The lowest BCUT2D eigenvalue weighted by Gasteiger charge is -2.19. The van der Waals surface area contributed by atoms with Crippen LogP contribution in [0.3, 0.4) is 0 Å².